The summed E-state index contributed by atoms with van der Waals surface area (Å²) in [5.74, 6) is 0.539. The molecule has 0 atom stereocenters. The molecule has 0 saturated carbocycles. The minimum absolute atomic E-state index is 0.0215. The smallest absolute Gasteiger partial charge is 0.195 e. The number of rotatable bonds is 3. The van der Waals surface area contributed by atoms with Crippen LogP contribution in [0, 0.1) is 11.3 Å². The largest absolute Gasteiger partial charge is 0.357 e. The van der Waals surface area contributed by atoms with E-state index in [9.17, 15) is 10.1 Å². The summed E-state index contributed by atoms with van der Waals surface area (Å²) >= 11 is 0. The monoisotopic (exact) mass is 416 g/mol. The van der Waals surface area contributed by atoms with Crippen molar-refractivity contribution in [2.24, 2.45) is 0 Å². The van der Waals surface area contributed by atoms with Crippen molar-refractivity contribution in [2.75, 3.05) is 33.2 Å². The molecule has 0 radical (unpaired) electrons. The number of hydrogen-bond acceptors (Lipinski definition) is 6. The summed E-state index contributed by atoms with van der Waals surface area (Å²) in [6.45, 7) is 7.56. The fourth-order valence-electron chi connectivity index (χ4n) is 4.49. The SMILES string of the molecule is CN1CCN(OOc2ccc3c(c2)C(C)(C)c2[nH]c4cc(C#N)ccc4c2C3=O)CC1. The lowest BCUT2D eigenvalue weighted by Crippen LogP contribution is -2.44. The first kappa shape index (κ1) is 19.8. The second kappa shape index (κ2) is 7.20. The van der Waals surface area contributed by atoms with Gasteiger partial charge in [-0.05, 0) is 42.9 Å². The molecule has 1 saturated heterocycles. The molecule has 0 unspecified atom stereocenters. The molecule has 7 heteroatoms. The van der Waals surface area contributed by atoms with Gasteiger partial charge in [0.05, 0.1) is 17.2 Å². The molecule has 0 amide bonds. The Labute approximate surface area is 180 Å². The highest BCUT2D eigenvalue weighted by atomic mass is 17.3. The molecule has 1 fully saturated rings. The van der Waals surface area contributed by atoms with E-state index < -0.39 is 5.41 Å². The van der Waals surface area contributed by atoms with Gasteiger partial charge in [-0.2, -0.15) is 5.26 Å². The van der Waals surface area contributed by atoms with Crippen LogP contribution in [0.15, 0.2) is 36.4 Å². The first-order valence-electron chi connectivity index (χ1n) is 10.4. The third-order valence-corrected chi connectivity index (χ3v) is 6.39. The number of benzene rings is 2. The number of fused-ring (bicyclic) bond motifs is 4. The third kappa shape index (κ3) is 3.20. The van der Waals surface area contributed by atoms with Crippen molar-refractivity contribution in [1.29, 1.82) is 5.26 Å². The maximum Gasteiger partial charge on any atom is 0.195 e. The van der Waals surface area contributed by atoms with Crippen LogP contribution in [0.5, 0.6) is 5.75 Å². The summed E-state index contributed by atoms with van der Waals surface area (Å²) in [7, 11) is 2.08. The summed E-state index contributed by atoms with van der Waals surface area (Å²) in [4.78, 5) is 30.2. The number of H-pyrrole nitrogens is 1. The molecule has 1 aromatic heterocycles. The highest BCUT2D eigenvalue weighted by molar-refractivity contribution is 6.20. The number of likely N-dealkylation sites (N-methyl/N-ethyl adjacent to an activating group) is 1. The Kier molecular flexibility index (Phi) is 4.59. The van der Waals surface area contributed by atoms with E-state index in [-0.39, 0.29) is 5.78 Å². The van der Waals surface area contributed by atoms with Gasteiger partial charge < -0.3 is 14.8 Å². The average Bonchev–Trinajstić information content (AvgIpc) is 3.17. The number of piperazine rings is 1. The van der Waals surface area contributed by atoms with Gasteiger partial charge in [0.15, 0.2) is 11.5 Å². The van der Waals surface area contributed by atoms with Gasteiger partial charge in [0, 0.05) is 53.8 Å². The lowest BCUT2D eigenvalue weighted by atomic mass is 9.71. The number of hydrogen-bond donors (Lipinski definition) is 1. The van der Waals surface area contributed by atoms with Crippen LogP contribution in [-0.2, 0) is 10.4 Å². The lowest BCUT2D eigenvalue weighted by molar-refractivity contribution is -0.373. The Morgan fingerprint density at radius 1 is 1.10 bits per heavy atom. The van der Waals surface area contributed by atoms with Crippen LogP contribution in [0.2, 0.25) is 0 Å². The number of nitriles is 1. The van der Waals surface area contributed by atoms with Crippen LogP contribution >= 0.6 is 0 Å². The molecule has 5 rings (SSSR count). The van der Waals surface area contributed by atoms with Crippen molar-refractivity contribution >= 4 is 16.7 Å². The Balaban J connectivity index is 1.49. The number of carbonyl (C=O) groups is 1. The molecule has 2 aromatic carbocycles. The van der Waals surface area contributed by atoms with E-state index in [4.69, 9.17) is 9.88 Å². The van der Waals surface area contributed by atoms with Gasteiger partial charge in [-0.15, -0.1) is 5.06 Å². The van der Waals surface area contributed by atoms with E-state index in [0.29, 0.717) is 22.4 Å². The summed E-state index contributed by atoms with van der Waals surface area (Å²) in [6, 6.07) is 13.0. The van der Waals surface area contributed by atoms with E-state index in [2.05, 4.69) is 36.8 Å². The normalized spacial score (nSPS) is 18.5. The molecule has 7 nitrogen and oxygen atoms in total. The third-order valence-electron chi connectivity index (χ3n) is 6.39. The Morgan fingerprint density at radius 3 is 2.61 bits per heavy atom. The van der Waals surface area contributed by atoms with Crippen molar-refractivity contribution < 1.29 is 14.7 Å². The first-order chi connectivity index (χ1) is 14.9. The second-order valence-corrected chi connectivity index (χ2v) is 8.80. The Hall–Kier alpha value is -3.18. The molecule has 1 aliphatic heterocycles. The standard InChI is InChI=1S/C24H24N4O3/c1-24(2)19-13-16(30-31-28-10-8-27(3)9-11-28)5-7-17(19)22(29)21-18-6-4-15(14-25)12-20(18)26-23(21)24/h4-7,12-13,26H,8-11H2,1-3H3. The van der Waals surface area contributed by atoms with Gasteiger partial charge in [-0.3, -0.25) is 4.79 Å². The number of ketones is 1. The van der Waals surface area contributed by atoms with Crippen molar-refractivity contribution in [3.05, 3.63) is 64.3 Å². The predicted octanol–water partition coefficient (Wildman–Crippen LogP) is 3.38. The molecule has 158 valence electrons. The van der Waals surface area contributed by atoms with Crippen molar-refractivity contribution in [3.8, 4) is 11.8 Å². The van der Waals surface area contributed by atoms with Crippen LogP contribution in [-0.4, -0.2) is 54.0 Å². The number of aromatic nitrogens is 1. The molecule has 0 bridgehead atoms. The molecule has 2 heterocycles. The van der Waals surface area contributed by atoms with Crippen LogP contribution in [0.4, 0.5) is 0 Å². The van der Waals surface area contributed by atoms with Gasteiger partial charge >= 0.3 is 0 Å². The zero-order chi connectivity index (χ0) is 21.8. The van der Waals surface area contributed by atoms with Crippen molar-refractivity contribution in [1.82, 2.24) is 14.9 Å². The van der Waals surface area contributed by atoms with Gasteiger partial charge in [0.25, 0.3) is 0 Å². The molecule has 31 heavy (non-hydrogen) atoms. The molecule has 0 spiro atoms. The topological polar surface area (TPSA) is 81.6 Å². The number of carbonyl (C=O) groups excluding carboxylic acids is 1. The number of hydroxylamine groups is 2. The fraction of sp³-hybridized carbons (Fsp3) is 0.333. The van der Waals surface area contributed by atoms with Gasteiger partial charge in [-0.25, -0.2) is 0 Å². The first-order valence-corrected chi connectivity index (χ1v) is 10.4. The Morgan fingerprint density at radius 2 is 1.87 bits per heavy atom. The van der Waals surface area contributed by atoms with E-state index in [1.54, 1.807) is 23.3 Å². The Bertz CT molecular complexity index is 1230. The van der Waals surface area contributed by atoms with E-state index in [1.807, 2.05) is 18.2 Å². The van der Waals surface area contributed by atoms with Crippen LogP contribution in [0.25, 0.3) is 10.9 Å². The molecule has 1 N–H and O–H groups in total. The zero-order valence-electron chi connectivity index (χ0n) is 17.9. The van der Waals surface area contributed by atoms with Crippen LogP contribution < -0.4 is 4.89 Å². The van der Waals surface area contributed by atoms with Gasteiger partial charge in [0.2, 0.25) is 0 Å². The van der Waals surface area contributed by atoms with E-state index in [0.717, 1.165) is 48.3 Å². The molecule has 1 aliphatic carbocycles. The van der Waals surface area contributed by atoms with Crippen LogP contribution in [0.1, 0.15) is 46.6 Å². The second-order valence-electron chi connectivity index (χ2n) is 8.80. The molecule has 2 aliphatic rings. The highest BCUT2D eigenvalue weighted by Crippen LogP contribution is 2.44. The van der Waals surface area contributed by atoms with E-state index >= 15 is 0 Å². The highest BCUT2D eigenvalue weighted by Gasteiger charge is 2.40. The summed E-state index contributed by atoms with van der Waals surface area (Å²) in [5, 5.41) is 11.9. The summed E-state index contributed by atoms with van der Waals surface area (Å²) in [6.07, 6.45) is 0. The van der Waals surface area contributed by atoms with E-state index in [1.165, 1.54) is 0 Å². The summed E-state index contributed by atoms with van der Waals surface area (Å²) < 4.78 is 0. The molecular weight excluding hydrogens is 392 g/mol. The van der Waals surface area contributed by atoms with Crippen molar-refractivity contribution in [3.63, 3.8) is 0 Å². The quantitative estimate of drug-likeness (QED) is 0.521. The number of nitrogens with zero attached hydrogens (tertiary/aromatic N) is 3. The number of nitrogens with one attached hydrogen (secondary N) is 1. The van der Waals surface area contributed by atoms with Crippen molar-refractivity contribution in [2.45, 2.75) is 19.3 Å². The minimum atomic E-state index is -0.447. The fourth-order valence-corrected chi connectivity index (χ4v) is 4.49. The van der Waals surface area contributed by atoms with Gasteiger partial charge in [0.1, 0.15) is 0 Å². The van der Waals surface area contributed by atoms with Gasteiger partial charge in [-0.1, -0.05) is 24.9 Å². The lowest BCUT2D eigenvalue weighted by Gasteiger charge is -2.32. The molecule has 3 aromatic rings. The molecular formula is C24H24N4O3. The summed E-state index contributed by atoms with van der Waals surface area (Å²) in [5.41, 5.74) is 3.99. The zero-order valence-corrected chi connectivity index (χ0v) is 17.9. The maximum atomic E-state index is 13.4. The van der Waals surface area contributed by atoms with Crippen LogP contribution in [0.3, 0.4) is 0 Å². The maximum absolute atomic E-state index is 13.4. The predicted molar refractivity (Wildman–Crippen MR) is 116 cm³/mol. The number of aromatic amines is 1. The average molecular weight is 416 g/mol. The minimum Gasteiger partial charge on any atom is -0.357 e.